The molecule has 2 aromatic heterocycles. The predicted octanol–water partition coefficient (Wildman–Crippen LogP) is 4.41. The van der Waals surface area contributed by atoms with Gasteiger partial charge in [-0.2, -0.15) is 10.4 Å². The lowest BCUT2D eigenvalue weighted by Crippen LogP contribution is -2.41. The fraction of sp³-hybridized carbons (Fsp3) is 0.321. The number of H-pyrrole nitrogens is 1. The Kier molecular flexibility index (Phi) is 6.36. The van der Waals surface area contributed by atoms with Gasteiger partial charge in [0, 0.05) is 30.6 Å². The number of nitrogens with one attached hydrogen (secondary N) is 2. The Bertz CT molecular complexity index is 1630. The summed E-state index contributed by atoms with van der Waals surface area (Å²) in [5.74, 6) is -0.321. The number of hydrogen-bond donors (Lipinski definition) is 2. The highest BCUT2D eigenvalue weighted by Gasteiger charge is 2.29. The van der Waals surface area contributed by atoms with Gasteiger partial charge in [-0.3, -0.25) is 9.59 Å². The van der Waals surface area contributed by atoms with E-state index in [1.165, 1.54) is 0 Å². The molecule has 2 N–H and O–H groups in total. The van der Waals surface area contributed by atoms with Gasteiger partial charge in [0.1, 0.15) is 11.2 Å². The smallest absolute Gasteiger partial charge is 0.410 e. The van der Waals surface area contributed by atoms with Gasteiger partial charge in [-0.1, -0.05) is 6.07 Å². The lowest BCUT2D eigenvalue weighted by Gasteiger charge is -2.33. The van der Waals surface area contributed by atoms with Crippen LogP contribution in [0.2, 0.25) is 0 Å². The topological polar surface area (TPSA) is 133 Å². The van der Waals surface area contributed by atoms with Crippen LogP contribution in [0.1, 0.15) is 61.1 Å². The Labute approximate surface area is 218 Å². The van der Waals surface area contributed by atoms with E-state index in [0.29, 0.717) is 59.3 Å². The van der Waals surface area contributed by atoms with Gasteiger partial charge >= 0.3 is 6.09 Å². The van der Waals surface area contributed by atoms with Gasteiger partial charge in [0.05, 0.1) is 33.9 Å². The zero-order valence-electron chi connectivity index (χ0n) is 21.4. The number of benzene rings is 2. The first kappa shape index (κ1) is 25.0. The summed E-state index contributed by atoms with van der Waals surface area (Å²) >= 11 is 0. The third-order valence-corrected chi connectivity index (χ3v) is 6.55. The number of fused-ring (bicyclic) bond motifs is 3. The number of carbonyl (C=O) groups excluding carboxylic acids is 2. The molecule has 38 heavy (non-hydrogen) atoms. The highest BCUT2D eigenvalue weighted by Crippen LogP contribution is 2.32. The number of nitriles is 1. The van der Waals surface area contributed by atoms with Crippen molar-refractivity contribution in [3.63, 3.8) is 0 Å². The number of anilines is 1. The van der Waals surface area contributed by atoms with E-state index < -0.39 is 5.60 Å². The van der Waals surface area contributed by atoms with Crippen LogP contribution in [0.5, 0.6) is 0 Å². The average Bonchev–Trinajstić information content (AvgIpc) is 3.26. The summed E-state index contributed by atoms with van der Waals surface area (Å²) < 4.78 is 7.23. The number of aromatic amines is 1. The highest BCUT2D eigenvalue weighted by atomic mass is 16.6. The van der Waals surface area contributed by atoms with Crippen LogP contribution in [0.3, 0.4) is 0 Å². The number of hydrogen-bond acceptors (Lipinski definition) is 6. The SMILES string of the molecule is CC(C)(C)OC(=O)N1CCC(c2cc(=O)[nH]c3c4c(NC(=O)c5ccc(C#N)cc5)cccc4nn23)CC1. The summed E-state index contributed by atoms with van der Waals surface area (Å²) in [4.78, 5) is 42.7. The molecule has 0 unspecified atom stereocenters. The van der Waals surface area contributed by atoms with Gasteiger partial charge in [-0.25, -0.2) is 9.31 Å². The standard InChI is InChI=1S/C28H28N6O4/c1-28(2,3)38-27(37)33-13-11-18(12-14-33)22-15-23(35)31-25-24-20(5-4-6-21(24)32-34(22)25)30-26(36)19-9-7-17(16-29)8-10-19/h4-10,15,18H,11-14H2,1-3H3,(H,30,36)(H,31,35). The lowest BCUT2D eigenvalue weighted by atomic mass is 9.93. The zero-order chi connectivity index (χ0) is 27.0. The number of carbonyl (C=O) groups is 2. The summed E-state index contributed by atoms with van der Waals surface area (Å²) in [7, 11) is 0. The van der Waals surface area contributed by atoms with E-state index >= 15 is 0 Å². The van der Waals surface area contributed by atoms with E-state index in [9.17, 15) is 14.4 Å². The maximum Gasteiger partial charge on any atom is 0.410 e. The molecule has 5 rings (SSSR count). The summed E-state index contributed by atoms with van der Waals surface area (Å²) in [6, 6.07) is 15.3. The number of amides is 2. The minimum Gasteiger partial charge on any atom is -0.444 e. The minimum atomic E-state index is -0.560. The van der Waals surface area contributed by atoms with Crippen LogP contribution in [0.4, 0.5) is 10.5 Å². The second kappa shape index (κ2) is 9.67. The van der Waals surface area contributed by atoms with Crippen LogP contribution in [-0.4, -0.2) is 50.2 Å². The van der Waals surface area contributed by atoms with Crippen molar-refractivity contribution < 1.29 is 14.3 Å². The Morgan fingerprint density at radius 2 is 1.84 bits per heavy atom. The van der Waals surface area contributed by atoms with Crippen LogP contribution < -0.4 is 10.9 Å². The van der Waals surface area contributed by atoms with Gasteiger partial charge in [0.15, 0.2) is 0 Å². The second-order valence-corrected chi connectivity index (χ2v) is 10.4. The Morgan fingerprint density at radius 3 is 2.50 bits per heavy atom. The molecule has 3 heterocycles. The van der Waals surface area contributed by atoms with Crippen molar-refractivity contribution in [2.45, 2.75) is 45.1 Å². The minimum absolute atomic E-state index is 0.0180. The third kappa shape index (κ3) is 4.95. The molecular formula is C28H28N6O4. The normalized spacial score (nSPS) is 14.4. The van der Waals surface area contributed by atoms with Crippen LogP contribution in [0.25, 0.3) is 16.6 Å². The molecule has 4 aromatic rings. The largest absolute Gasteiger partial charge is 0.444 e. The summed E-state index contributed by atoms with van der Waals surface area (Å²) in [5.41, 5.74) is 2.43. The molecule has 1 aliphatic heterocycles. The summed E-state index contributed by atoms with van der Waals surface area (Å²) in [6.45, 7) is 6.55. The van der Waals surface area contributed by atoms with Gasteiger partial charge in [-0.15, -0.1) is 0 Å². The molecule has 10 nitrogen and oxygen atoms in total. The van der Waals surface area contributed by atoms with Gasteiger partial charge in [0.2, 0.25) is 0 Å². The second-order valence-electron chi connectivity index (χ2n) is 10.4. The van der Waals surface area contributed by atoms with E-state index in [1.807, 2.05) is 32.9 Å². The molecule has 1 saturated heterocycles. The Hall–Kier alpha value is -4.65. The molecule has 2 aromatic carbocycles. The van der Waals surface area contributed by atoms with Crippen molar-refractivity contribution >= 4 is 34.2 Å². The molecular weight excluding hydrogens is 484 g/mol. The molecule has 2 amide bonds. The van der Waals surface area contributed by atoms with Gasteiger partial charge < -0.3 is 19.9 Å². The molecule has 0 bridgehead atoms. The van der Waals surface area contributed by atoms with Crippen molar-refractivity contribution in [3.8, 4) is 6.07 Å². The zero-order valence-corrected chi connectivity index (χ0v) is 21.4. The van der Waals surface area contributed by atoms with E-state index in [1.54, 1.807) is 51.9 Å². The maximum absolute atomic E-state index is 12.9. The van der Waals surface area contributed by atoms with E-state index in [0.717, 1.165) is 5.69 Å². The van der Waals surface area contributed by atoms with E-state index in [4.69, 9.17) is 15.1 Å². The number of likely N-dealkylation sites (tertiary alicyclic amines) is 1. The third-order valence-electron chi connectivity index (χ3n) is 6.55. The van der Waals surface area contributed by atoms with Gasteiger partial charge in [0.25, 0.3) is 11.5 Å². The van der Waals surface area contributed by atoms with Crippen LogP contribution in [0.15, 0.2) is 53.3 Å². The number of piperidine rings is 1. The molecule has 0 aliphatic carbocycles. The Morgan fingerprint density at radius 1 is 1.13 bits per heavy atom. The molecule has 0 radical (unpaired) electrons. The van der Waals surface area contributed by atoms with E-state index in [-0.39, 0.29) is 23.5 Å². The Balaban J connectivity index is 1.45. The summed E-state index contributed by atoms with van der Waals surface area (Å²) in [5, 5.41) is 17.3. The maximum atomic E-state index is 12.9. The first-order valence-electron chi connectivity index (χ1n) is 12.5. The van der Waals surface area contributed by atoms with Crippen LogP contribution in [-0.2, 0) is 4.74 Å². The molecule has 0 saturated carbocycles. The molecule has 0 spiro atoms. The van der Waals surface area contributed by atoms with E-state index in [2.05, 4.69) is 10.3 Å². The van der Waals surface area contributed by atoms with Crippen LogP contribution in [0, 0.1) is 11.3 Å². The van der Waals surface area contributed by atoms with Crippen molar-refractivity contribution in [2.75, 3.05) is 18.4 Å². The molecule has 1 fully saturated rings. The fourth-order valence-corrected chi connectivity index (χ4v) is 4.76. The van der Waals surface area contributed by atoms with Crippen molar-refractivity contribution in [1.82, 2.24) is 19.5 Å². The van der Waals surface area contributed by atoms with Crippen molar-refractivity contribution in [3.05, 3.63) is 75.7 Å². The summed E-state index contributed by atoms with van der Waals surface area (Å²) in [6.07, 6.45) is 0.992. The first-order valence-corrected chi connectivity index (χ1v) is 12.5. The van der Waals surface area contributed by atoms with Crippen molar-refractivity contribution in [2.24, 2.45) is 0 Å². The molecule has 194 valence electrons. The molecule has 1 aliphatic rings. The number of ether oxygens (including phenoxy) is 1. The quantitative estimate of drug-likeness (QED) is 0.418. The van der Waals surface area contributed by atoms with Crippen LogP contribution >= 0.6 is 0 Å². The molecule has 10 heteroatoms. The molecule has 0 atom stereocenters. The lowest BCUT2D eigenvalue weighted by molar-refractivity contribution is 0.0203. The number of rotatable bonds is 3. The predicted molar refractivity (Wildman–Crippen MR) is 142 cm³/mol. The van der Waals surface area contributed by atoms with Crippen molar-refractivity contribution in [1.29, 1.82) is 5.26 Å². The number of aromatic nitrogens is 3. The van der Waals surface area contributed by atoms with Gasteiger partial charge in [-0.05, 0) is 70.0 Å². The fourth-order valence-electron chi connectivity index (χ4n) is 4.76. The number of nitrogens with zero attached hydrogens (tertiary/aromatic N) is 4. The highest BCUT2D eigenvalue weighted by molar-refractivity contribution is 6.11. The average molecular weight is 513 g/mol. The first-order chi connectivity index (χ1) is 18.1. The monoisotopic (exact) mass is 512 g/mol.